The van der Waals surface area contributed by atoms with Gasteiger partial charge in [0.15, 0.2) is 0 Å². The molecule has 0 spiro atoms. The number of aliphatic hydroxyl groups excluding tert-OH is 1. The van der Waals surface area contributed by atoms with Crippen LogP contribution >= 0.6 is 15.9 Å². The lowest BCUT2D eigenvalue weighted by Gasteiger charge is -2.10. The summed E-state index contributed by atoms with van der Waals surface area (Å²) in [4.78, 5) is 0. The Kier molecular flexibility index (Phi) is 3.26. The lowest BCUT2D eigenvalue weighted by molar-refractivity contribution is 0.186. The van der Waals surface area contributed by atoms with Crippen molar-refractivity contribution in [2.45, 2.75) is 13.0 Å². The minimum Gasteiger partial charge on any atom is -0.387 e. The molecule has 1 aromatic carbocycles. The quantitative estimate of drug-likeness (QED) is 0.812. The second kappa shape index (κ2) is 4.03. The molecular weight excluding hydrogens is 218 g/mol. The highest BCUT2D eigenvalue weighted by Gasteiger charge is 2.08. The first-order valence-electron chi connectivity index (χ1n) is 3.79. The third-order valence-corrected chi connectivity index (χ3v) is 2.46. The first-order valence-corrected chi connectivity index (χ1v) is 4.58. The zero-order chi connectivity index (χ0) is 9.14. The monoisotopic (exact) mass is 229 g/mol. The summed E-state index contributed by atoms with van der Waals surface area (Å²) in [5.41, 5.74) is 7.34. The molecule has 0 radical (unpaired) electrons. The number of hydrogen-bond acceptors (Lipinski definition) is 2. The number of halogens is 1. The Labute approximate surface area is 80.5 Å². The Morgan fingerprint density at radius 2 is 2.25 bits per heavy atom. The Morgan fingerprint density at radius 1 is 1.58 bits per heavy atom. The second-order valence-corrected chi connectivity index (χ2v) is 3.63. The maximum Gasteiger partial charge on any atom is 0.0923 e. The molecule has 66 valence electrons. The number of aliphatic hydroxyl groups is 1. The molecule has 0 saturated heterocycles. The molecular formula is C9H12BrNO. The molecule has 3 heteroatoms. The van der Waals surface area contributed by atoms with Gasteiger partial charge in [-0.2, -0.15) is 0 Å². The zero-order valence-corrected chi connectivity index (χ0v) is 8.51. The predicted molar refractivity (Wildman–Crippen MR) is 52.9 cm³/mol. The maximum absolute atomic E-state index is 9.48. The van der Waals surface area contributed by atoms with E-state index in [1.54, 1.807) is 0 Å². The molecule has 3 N–H and O–H groups in total. The zero-order valence-electron chi connectivity index (χ0n) is 6.92. The highest BCUT2D eigenvalue weighted by atomic mass is 79.9. The Bertz CT molecular complexity index is 275. The smallest absolute Gasteiger partial charge is 0.0923 e. The second-order valence-electron chi connectivity index (χ2n) is 2.78. The number of rotatable bonds is 2. The van der Waals surface area contributed by atoms with Crippen LogP contribution in [0.15, 0.2) is 22.7 Å². The standard InChI is InChI=1S/C9H12BrNO/c1-6-2-3-8(10)7(4-6)9(12)5-11/h2-4,9,12H,5,11H2,1H3/t9-/m1/s1. The highest BCUT2D eigenvalue weighted by Crippen LogP contribution is 2.23. The summed E-state index contributed by atoms with van der Waals surface area (Å²) in [5.74, 6) is 0. The van der Waals surface area contributed by atoms with Crippen molar-refractivity contribution in [3.63, 3.8) is 0 Å². The fourth-order valence-corrected chi connectivity index (χ4v) is 1.56. The van der Waals surface area contributed by atoms with E-state index in [0.717, 1.165) is 15.6 Å². The summed E-state index contributed by atoms with van der Waals surface area (Å²) in [5, 5.41) is 9.48. The summed E-state index contributed by atoms with van der Waals surface area (Å²) < 4.78 is 0.908. The highest BCUT2D eigenvalue weighted by molar-refractivity contribution is 9.10. The summed E-state index contributed by atoms with van der Waals surface area (Å²) in [6.07, 6.45) is -0.570. The van der Waals surface area contributed by atoms with Gasteiger partial charge in [0.2, 0.25) is 0 Å². The van der Waals surface area contributed by atoms with Gasteiger partial charge in [0.05, 0.1) is 6.10 Å². The van der Waals surface area contributed by atoms with Crippen molar-refractivity contribution < 1.29 is 5.11 Å². The minimum absolute atomic E-state index is 0.252. The van der Waals surface area contributed by atoms with E-state index in [0.29, 0.717) is 0 Å². The molecule has 12 heavy (non-hydrogen) atoms. The molecule has 0 aliphatic rings. The molecule has 0 saturated carbocycles. The number of nitrogens with two attached hydrogens (primary N) is 1. The van der Waals surface area contributed by atoms with Gasteiger partial charge in [0.25, 0.3) is 0 Å². The molecule has 0 amide bonds. The third-order valence-electron chi connectivity index (χ3n) is 1.73. The van der Waals surface area contributed by atoms with Crippen molar-refractivity contribution in [3.05, 3.63) is 33.8 Å². The van der Waals surface area contributed by atoms with Gasteiger partial charge in [-0.3, -0.25) is 0 Å². The van der Waals surface area contributed by atoms with Crippen LogP contribution in [0.2, 0.25) is 0 Å². The van der Waals surface area contributed by atoms with Crippen LogP contribution < -0.4 is 5.73 Å². The largest absolute Gasteiger partial charge is 0.387 e. The fourth-order valence-electron chi connectivity index (χ4n) is 1.05. The van der Waals surface area contributed by atoms with Crippen molar-refractivity contribution in [2.24, 2.45) is 5.73 Å². The number of hydrogen-bond donors (Lipinski definition) is 2. The van der Waals surface area contributed by atoms with Gasteiger partial charge in [-0.15, -0.1) is 0 Å². The van der Waals surface area contributed by atoms with E-state index in [-0.39, 0.29) is 6.54 Å². The van der Waals surface area contributed by atoms with Gasteiger partial charge in [-0.25, -0.2) is 0 Å². The summed E-state index contributed by atoms with van der Waals surface area (Å²) >= 11 is 3.36. The molecule has 0 aliphatic heterocycles. The lowest BCUT2D eigenvalue weighted by atomic mass is 10.1. The third kappa shape index (κ3) is 2.06. The normalized spacial score (nSPS) is 13.0. The topological polar surface area (TPSA) is 46.2 Å². The van der Waals surface area contributed by atoms with E-state index in [9.17, 15) is 5.11 Å². The SMILES string of the molecule is Cc1ccc(Br)c([C@H](O)CN)c1. The van der Waals surface area contributed by atoms with Gasteiger partial charge in [-0.05, 0) is 18.6 Å². The molecule has 0 aliphatic carbocycles. The molecule has 0 heterocycles. The van der Waals surface area contributed by atoms with E-state index in [1.807, 2.05) is 25.1 Å². The molecule has 0 unspecified atom stereocenters. The van der Waals surface area contributed by atoms with Crippen molar-refractivity contribution >= 4 is 15.9 Å². The van der Waals surface area contributed by atoms with Gasteiger partial charge in [-0.1, -0.05) is 33.6 Å². The Morgan fingerprint density at radius 3 is 2.83 bits per heavy atom. The number of benzene rings is 1. The van der Waals surface area contributed by atoms with Crippen molar-refractivity contribution in [3.8, 4) is 0 Å². The average Bonchev–Trinajstić information content (AvgIpc) is 2.08. The van der Waals surface area contributed by atoms with Gasteiger partial charge in [0.1, 0.15) is 0 Å². The van der Waals surface area contributed by atoms with Crippen LogP contribution in [-0.4, -0.2) is 11.7 Å². The van der Waals surface area contributed by atoms with Crippen LogP contribution in [0.5, 0.6) is 0 Å². The van der Waals surface area contributed by atoms with E-state index in [4.69, 9.17) is 5.73 Å². The molecule has 0 bridgehead atoms. The van der Waals surface area contributed by atoms with E-state index in [1.165, 1.54) is 0 Å². The summed E-state index contributed by atoms with van der Waals surface area (Å²) in [7, 11) is 0. The van der Waals surface area contributed by atoms with Gasteiger partial charge >= 0.3 is 0 Å². The van der Waals surface area contributed by atoms with Crippen LogP contribution in [0.25, 0.3) is 0 Å². The van der Waals surface area contributed by atoms with Gasteiger partial charge < -0.3 is 10.8 Å². The summed E-state index contributed by atoms with van der Waals surface area (Å²) in [6, 6.07) is 5.84. The van der Waals surface area contributed by atoms with Gasteiger partial charge in [0, 0.05) is 11.0 Å². The van der Waals surface area contributed by atoms with Crippen LogP contribution in [0.4, 0.5) is 0 Å². The van der Waals surface area contributed by atoms with E-state index >= 15 is 0 Å². The van der Waals surface area contributed by atoms with Crippen molar-refractivity contribution in [1.82, 2.24) is 0 Å². The lowest BCUT2D eigenvalue weighted by Crippen LogP contribution is -2.12. The fraction of sp³-hybridized carbons (Fsp3) is 0.333. The first-order chi connectivity index (χ1) is 5.65. The van der Waals surface area contributed by atoms with Crippen molar-refractivity contribution in [2.75, 3.05) is 6.54 Å². The van der Waals surface area contributed by atoms with E-state index < -0.39 is 6.10 Å². The van der Waals surface area contributed by atoms with Crippen LogP contribution in [0.1, 0.15) is 17.2 Å². The molecule has 1 atom stereocenters. The van der Waals surface area contributed by atoms with Crippen LogP contribution in [0.3, 0.4) is 0 Å². The molecule has 0 aromatic heterocycles. The molecule has 1 aromatic rings. The minimum atomic E-state index is -0.570. The Balaban J connectivity index is 3.04. The maximum atomic E-state index is 9.48. The Hall–Kier alpha value is -0.380. The summed E-state index contributed by atoms with van der Waals surface area (Å²) in [6.45, 7) is 2.24. The van der Waals surface area contributed by atoms with Crippen molar-refractivity contribution in [1.29, 1.82) is 0 Å². The predicted octanol–water partition coefficient (Wildman–Crippen LogP) is 1.75. The van der Waals surface area contributed by atoms with Crippen LogP contribution in [-0.2, 0) is 0 Å². The molecule has 0 fully saturated rings. The van der Waals surface area contributed by atoms with E-state index in [2.05, 4.69) is 15.9 Å². The number of aryl methyl sites for hydroxylation is 1. The van der Waals surface area contributed by atoms with Crippen LogP contribution in [0, 0.1) is 6.92 Å². The average molecular weight is 230 g/mol. The first kappa shape index (κ1) is 9.71. The molecule has 1 rings (SSSR count). The molecule has 2 nitrogen and oxygen atoms in total.